The first kappa shape index (κ1) is 17.0. The van der Waals surface area contributed by atoms with Crippen LogP contribution in [-0.2, 0) is 6.54 Å². The molecule has 0 unspecified atom stereocenters. The van der Waals surface area contributed by atoms with Crippen molar-refractivity contribution in [1.82, 2.24) is 14.5 Å². The Kier molecular flexibility index (Phi) is 5.00. The second kappa shape index (κ2) is 7.36. The Labute approximate surface area is 147 Å². The molecule has 6 nitrogen and oxygen atoms in total. The third-order valence-electron chi connectivity index (χ3n) is 4.10. The first-order valence-corrected chi connectivity index (χ1v) is 8.25. The van der Waals surface area contributed by atoms with E-state index in [1.165, 1.54) is 0 Å². The van der Waals surface area contributed by atoms with Gasteiger partial charge in [-0.25, -0.2) is 4.98 Å². The lowest BCUT2D eigenvalue weighted by molar-refractivity contribution is 0.102. The number of nitrogens with one attached hydrogen (secondary N) is 2. The molecule has 0 atom stereocenters. The number of hydrogen-bond acceptors (Lipinski definition) is 4. The molecule has 0 bridgehead atoms. The fraction of sp³-hybridized carbons (Fsp3) is 0.263. The zero-order valence-corrected chi connectivity index (χ0v) is 14.8. The number of aromatic nitrogens is 2. The number of nitrogens with zero attached hydrogens (tertiary/aromatic N) is 3. The number of hydrogen-bond donors (Lipinski definition) is 2. The summed E-state index contributed by atoms with van der Waals surface area (Å²) in [5.41, 5.74) is 2.42. The Balaban J connectivity index is 1.78. The number of benzene rings is 1. The zero-order chi connectivity index (χ0) is 17.8. The molecule has 2 aromatic heterocycles. The van der Waals surface area contributed by atoms with Gasteiger partial charge < -0.3 is 20.1 Å². The van der Waals surface area contributed by atoms with Gasteiger partial charge in [0.05, 0.1) is 11.1 Å². The summed E-state index contributed by atoms with van der Waals surface area (Å²) in [5.74, 6) is 0.567. The molecule has 3 rings (SSSR count). The van der Waals surface area contributed by atoms with Crippen LogP contribution in [0, 0.1) is 0 Å². The van der Waals surface area contributed by atoms with Crippen LogP contribution in [-0.4, -0.2) is 48.0 Å². The van der Waals surface area contributed by atoms with E-state index in [1.54, 1.807) is 25.4 Å². The minimum absolute atomic E-state index is 0.166. The third-order valence-corrected chi connectivity index (χ3v) is 4.10. The van der Waals surface area contributed by atoms with Crippen molar-refractivity contribution < 1.29 is 4.79 Å². The Bertz CT molecular complexity index is 867. The molecule has 130 valence electrons. The van der Waals surface area contributed by atoms with Crippen molar-refractivity contribution in [3.63, 3.8) is 0 Å². The number of anilines is 2. The molecule has 2 heterocycles. The molecule has 2 N–H and O–H groups in total. The van der Waals surface area contributed by atoms with E-state index >= 15 is 0 Å². The maximum Gasteiger partial charge on any atom is 0.257 e. The number of carbonyl (C=O) groups is 1. The molecule has 25 heavy (non-hydrogen) atoms. The van der Waals surface area contributed by atoms with Gasteiger partial charge in [-0.1, -0.05) is 6.07 Å². The molecule has 0 aliphatic heterocycles. The van der Waals surface area contributed by atoms with Crippen molar-refractivity contribution in [3.05, 3.63) is 54.4 Å². The predicted octanol–water partition coefficient (Wildman–Crippen LogP) is 2.89. The third kappa shape index (κ3) is 3.97. The minimum Gasteiger partial charge on any atom is -0.373 e. The van der Waals surface area contributed by atoms with Gasteiger partial charge in [0.15, 0.2) is 0 Å². The molecule has 0 aliphatic carbocycles. The van der Waals surface area contributed by atoms with Gasteiger partial charge in [0.1, 0.15) is 5.82 Å². The van der Waals surface area contributed by atoms with Crippen LogP contribution in [0.4, 0.5) is 11.5 Å². The fourth-order valence-electron chi connectivity index (χ4n) is 2.64. The summed E-state index contributed by atoms with van der Waals surface area (Å²) >= 11 is 0. The highest BCUT2D eigenvalue weighted by Gasteiger charge is 2.08. The molecule has 0 aliphatic rings. The summed E-state index contributed by atoms with van der Waals surface area (Å²) in [6.45, 7) is 1.87. The van der Waals surface area contributed by atoms with Gasteiger partial charge in [0.2, 0.25) is 0 Å². The van der Waals surface area contributed by atoms with Crippen molar-refractivity contribution in [3.8, 4) is 0 Å². The van der Waals surface area contributed by atoms with Crippen LogP contribution in [0.5, 0.6) is 0 Å². The summed E-state index contributed by atoms with van der Waals surface area (Å²) in [4.78, 5) is 18.7. The van der Waals surface area contributed by atoms with E-state index in [-0.39, 0.29) is 5.91 Å². The standard InChI is InChI=1S/C19H23N5O/c1-20-18-7-5-15(13-21-18)19(25)22-16-6-4-14-8-9-24(17(14)12-16)11-10-23(2)3/h4-9,12-13H,10-11H2,1-3H3,(H,20,21)(H,22,25). The number of carbonyl (C=O) groups excluding carboxylic acids is 1. The second-order valence-electron chi connectivity index (χ2n) is 6.22. The lowest BCUT2D eigenvalue weighted by atomic mass is 10.2. The molecule has 0 fully saturated rings. The van der Waals surface area contributed by atoms with E-state index in [0.717, 1.165) is 35.5 Å². The van der Waals surface area contributed by atoms with Crippen molar-refractivity contribution in [2.45, 2.75) is 6.54 Å². The minimum atomic E-state index is -0.166. The number of amides is 1. The Morgan fingerprint density at radius 1 is 1.20 bits per heavy atom. The molecule has 1 aromatic carbocycles. The molecule has 1 amide bonds. The van der Waals surface area contributed by atoms with Gasteiger partial charge in [-0.3, -0.25) is 4.79 Å². The van der Waals surface area contributed by atoms with Crippen LogP contribution in [0.3, 0.4) is 0 Å². The number of fused-ring (bicyclic) bond motifs is 1. The van der Waals surface area contributed by atoms with E-state index in [2.05, 4.69) is 51.4 Å². The monoisotopic (exact) mass is 337 g/mol. The SMILES string of the molecule is CNc1ccc(C(=O)Nc2ccc3ccn(CCN(C)C)c3c2)cn1. The number of pyridine rings is 1. The zero-order valence-electron chi connectivity index (χ0n) is 14.8. The van der Waals surface area contributed by atoms with Crippen molar-refractivity contribution in [2.75, 3.05) is 38.3 Å². The fourth-order valence-corrected chi connectivity index (χ4v) is 2.64. The smallest absolute Gasteiger partial charge is 0.257 e. The van der Waals surface area contributed by atoms with Crippen molar-refractivity contribution in [1.29, 1.82) is 0 Å². The van der Waals surface area contributed by atoms with Crippen LogP contribution in [0.1, 0.15) is 10.4 Å². The van der Waals surface area contributed by atoms with Crippen LogP contribution in [0.15, 0.2) is 48.8 Å². The largest absolute Gasteiger partial charge is 0.373 e. The number of likely N-dealkylation sites (N-methyl/N-ethyl adjacent to an activating group) is 1. The average molecular weight is 337 g/mol. The van der Waals surface area contributed by atoms with Gasteiger partial charge in [0, 0.05) is 38.2 Å². The molecule has 3 aromatic rings. The van der Waals surface area contributed by atoms with Crippen LogP contribution < -0.4 is 10.6 Å². The van der Waals surface area contributed by atoms with E-state index in [4.69, 9.17) is 0 Å². The lowest BCUT2D eigenvalue weighted by Gasteiger charge is -2.12. The Morgan fingerprint density at radius 3 is 2.72 bits per heavy atom. The summed E-state index contributed by atoms with van der Waals surface area (Å²) in [6, 6.07) is 11.6. The van der Waals surface area contributed by atoms with E-state index < -0.39 is 0 Å². The number of rotatable bonds is 6. The van der Waals surface area contributed by atoms with Crippen LogP contribution in [0.2, 0.25) is 0 Å². The lowest BCUT2D eigenvalue weighted by Crippen LogP contribution is -2.18. The predicted molar refractivity (Wildman–Crippen MR) is 102 cm³/mol. The molecular formula is C19H23N5O. The second-order valence-corrected chi connectivity index (χ2v) is 6.22. The summed E-state index contributed by atoms with van der Waals surface area (Å²) < 4.78 is 2.20. The first-order chi connectivity index (χ1) is 12.1. The van der Waals surface area contributed by atoms with Gasteiger partial charge >= 0.3 is 0 Å². The average Bonchev–Trinajstić information content (AvgIpc) is 3.02. The van der Waals surface area contributed by atoms with Gasteiger partial charge in [0.25, 0.3) is 5.91 Å². The first-order valence-electron chi connectivity index (χ1n) is 8.25. The summed E-state index contributed by atoms with van der Waals surface area (Å²) in [7, 11) is 5.91. The van der Waals surface area contributed by atoms with E-state index in [1.807, 2.05) is 18.2 Å². The van der Waals surface area contributed by atoms with Crippen molar-refractivity contribution >= 4 is 28.3 Å². The maximum atomic E-state index is 12.4. The van der Waals surface area contributed by atoms with E-state index in [0.29, 0.717) is 5.56 Å². The van der Waals surface area contributed by atoms with E-state index in [9.17, 15) is 4.79 Å². The quantitative estimate of drug-likeness (QED) is 0.726. The summed E-state index contributed by atoms with van der Waals surface area (Å²) in [5, 5.41) is 7.05. The molecule has 0 radical (unpaired) electrons. The molecule has 0 saturated heterocycles. The Hall–Kier alpha value is -2.86. The highest BCUT2D eigenvalue weighted by molar-refractivity contribution is 6.05. The molecule has 6 heteroatoms. The van der Waals surface area contributed by atoms with Crippen LogP contribution >= 0.6 is 0 Å². The molecule has 0 saturated carbocycles. The highest BCUT2D eigenvalue weighted by Crippen LogP contribution is 2.21. The highest BCUT2D eigenvalue weighted by atomic mass is 16.1. The van der Waals surface area contributed by atoms with Gasteiger partial charge in [-0.2, -0.15) is 0 Å². The molecule has 0 spiro atoms. The Morgan fingerprint density at radius 2 is 2.04 bits per heavy atom. The van der Waals surface area contributed by atoms with Crippen molar-refractivity contribution in [2.24, 2.45) is 0 Å². The normalized spacial score (nSPS) is 11.0. The van der Waals surface area contributed by atoms with Gasteiger partial charge in [-0.15, -0.1) is 0 Å². The van der Waals surface area contributed by atoms with Gasteiger partial charge in [-0.05, 0) is 49.8 Å². The van der Waals surface area contributed by atoms with Crippen LogP contribution in [0.25, 0.3) is 10.9 Å². The molecular weight excluding hydrogens is 314 g/mol. The topological polar surface area (TPSA) is 62.2 Å². The summed E-state index contributed by atoms with van der Waals surface area (Å²) in [6.07, 6.45) is 3.65. The maximum absolute atomic E-state index is 12.4.